The lowest BCUT2D eigenvalue weighted by atomic mass is 10.2. The van der Waals surface area contributed by atoms with Crippen molar-refractivity contribution in [3.63, 3.8) is 0 Å². The predicted octanol–water partition coefficient (Wildman–Crippen LogP) is 2.11. The van der Waals surface area contributed by atoms with Crippen LogP contribution in [0.4, 0.5) is 20.6 Å². The molecule has 4 N–H and O–H groups in total. The maximum Gasteiger partial charge on any atom is 0.407 e. The number of nitrogens with one attached hydrogen (secondary N) is 3. The number of hydrogen-bond acceptors (Lipinski definition) is 7. The zero-order valence-corrected chi connectivity index (χ0v) is 15.8. The highest BCUT2D eigenvalue weighted by molar-refractivity contribution is 5.67. The molecular formula is C20H24FN3O5. The molecule has 0 heterocycles. The van der Waals surface area contributed by atoms with E-state index in [1.54, 1.807) is 6.07 Å². The number of carbonyl (C=O) groups excluding carboxylic acids is 2. The molecule has 156 valence electrons. The number of benzene rings is 2. The number of aliphatic hydroxyl groups excluding tert-OH is 1. The topological polar surface area (TPSA) is 109 Å². The Labute approximate surface area is 168 Å². The van der Waals surface area contributed by atoms with Gasteiger partial charge in [0.15, 0.2) is 0 Å². The van der Waals surface area contributed by atoms with Crippen LogP contribution in [0.5, 0.6) is 0 Å². The second-order valence-electron chi connectivity index (χ2n) is 6.02. The smallest absolute Gasteiger partial charge is 0.407 e. The summed E-state index contributed by atoms with van der Waals surface area (Å²) in [5.74, 6) is -0.487. The van der Waals surface area contributed by atoms with Gasteiger partial charge in [-0.1, -0.05) is 30.3 Å². The van der Waals surface area contributed by atoms with Gasteiger partial charge in [-0.15, -0.1) is 0 Å². The fourth-order valence-electron chi connectivity index (χ4n) is 2.41. The number of carbonyl (C=O) groups is 2. The third-order valence-corrected chi connectivity index (χ3v) is 3.87. The van der Waals surface area contributed by atoms with E-state index in [9.17, 15) is 14.0 Å². The number of halogens is 1. The summed E-state index contributed by atoms with van der Waals surface area (Å²) in [4.78, 5) is 22.5. The van der Waals surface area contributed by atoms with Gasteiger partial charge in [-0.3, -0.25) is 4.79 Å². The number of amides is 1. The fourth-order valence-corrected chi connectivity index (χ4v) is 2.41. The van der Waals surface area contributed by atoms with Gasteiger partial charge in [0.25, 0.3) is 6.47 Å². The van der Waals surface area contributed by atoms with Crippen molar-refractivity contribution in [1.82, 2.24) is 5.32 Å². The predicted molar refractivity (Wildman–Crippen MR) is 106 cm³/mol. The van der Waals surface area contributed by atoms with Crippen LogP contribution in [0.2, 0.25) is 0 Å². The molecule has 0 spiro atoms. The number of anilines is 2. The molecule has 0 radical (unpaired) electrons. The Morgan fingerprint density at radius 1 is 1.14 bits per heavy atom. The van der Waals surface area contributed by atoms with Crippen LogP contribution >= 0.6 is 0 Å². The number of rotatable bonds is 12. The highest BCUT2D eigenvalue weighted by Crippen LogP contribution is 2.18. The molecular weight excluding hydrogens is 381 g/mol. The fraction of sp³-hybridized carbons (Fsp3) is 0.300. The van der Waals surface area contributed by atoms with Gasteiger partial charge in [0.2, 0.25) is 0 Å². The average Bonchev–Trinajstić information content (AvgIpc) is 2.74. The number of aliphatic hydroxyl groups is 1. The number of hydrogen-bond donors (Lipinski definition) is 4. The van der Waals surface area contributed by atoms with Crippen LogP contribution in [0.3, 0.4) is 0 Å². The van der Waals surface area contributed by atoms with Crippen LogP contribution < -0.4 is 16.0 Å². The van der Waals surface area contributed by atoms with Gasteiger partial charge >= 0.3 is 6.09 Å². The van der Waals surface area contributed by atoms with Crippen molar-refractivity contribution in [2.75, 3.05) is 36.9 Å². The SMILES string of the molecule is O=CO[C@@H](CNC(=O)OCc1ccccc1)CNc1ccc(NCCO)c(F)c1. The van der Waals surface area contributed by atoms with E-state index in [-0.39, 0.29) is 45.0 Å². The lowest BCUT2D eigenvalue weighted by Gasteiger charge is -2.18. The summed E-state index contributed by atoms with van der Waals surface area (Å²) < 4.78 is 24.0. The van der Waals surface area contributed by atoms with E-state index in [1.165, 1.54) is 12.1 Å². The largest absolute Gasteiger partial charge is 0.461 e. The minimum absolute atomic E-state index is 0.0258. The first kappa shape index (κ1) is 22.0. The molecule has 0 aromatic heterocycles. The van der Waals surface area contributed by atoms with Crippen molar-refractivity contribution in [1.29, 1.82) is 0 Å². The summed E-state index contributed by atoms with van der Waals surface area (Å²) in [5, 5.41) is 17.0. The quantitative estimate of drug-likeness (QED) is 0.401. The van der Waals surface area contributed by atoms with Crippen molar-refractivity contribution in [3.05, 3.63) is 59.9 Å². The van der Waals surface area contributed by atoms with E-state index in [0.717, 1.165) is 5.56 Å². The molecule has 0 aliphatic carbocycles. The minimum atomic E-state index is -0.674. The van der Waals surface area contributed by atoms with E-state index in [4.69, 9.17) is 14.6 Å². The minimum Gasteiger partial charge on any atom is -0.461 e. The summed E-state index contributed by atoms with van der Waals surface area (Å²) in [6.07, 6.45) is -1.31. The Balaban J connectivity index is 1.78. The van der Waals surface area contributed by atoms with Crippen LogP contribution in [0.25, 0.3) is 0 Å². The normalized spacial score (nSPS) is 11.2. The zero-order chi connectivity index (χ0) is 20.9. The summed E-state index contributed by atoms with van der Waals surface area (Å²) >= 11 is 0. The summed E-state index contributed by atoms with van der Waals surface area (Å²) in [6, 6.07) is 13.7. The maximum atomic E-state index is 14.0. The first-order valence-corrected chi connectivity index (χ1v) is 9.04. The van der Waals surface area contributed by atoms with Gasteiger partial charge in [-0.05, 0) is 23.8 Å². The monoisotopic (exact) mass is 405 g/mol. The van der Waals surface area contributed by atoms with Crippen molar-refractivity contribution in [2.45, 2.75) is 12.7 Å². The van der Waals surface area contributed by atoms with E-state index >= 15 is 0 Å². The first-order valence-electron chi connectivity index (χ1n) is 9.04. The highest BCUT2D eigenvalue weighted by atomic mass is 19.1. The molecule has 0 aliphatic rings. The molecule has 0 unspecified atom stereocenters. The second kappa shape index (κ2) is 12.2. The molecule has 8 nitrogen and oxygen atoms in total. The summed E-state index contributed by atoms with van der Waals surface area (Å²) in [6.45, 7) is 0.723. The Bertz CT molecular complexity index is 776. The number of ether oxygens (including phenoxy) is 2. The molecule has 29 heavy (non-hydrogen) atoms. The standard InChI is InChI=1S/C20H24FN3O5/c21-18-10-16(6-7-19(18)22-8-9-25)23-11-17(29-14-26)12-24-20(27)28-13-15-4-2-1-3-5-15/h1-7,10,14,17,22-23,25H,8-9,11-13H2,(H,24,27)/t17-/m1/s1. The zero-order valence-electron chi connectivity index (χ0n) is 15.8. The molecule has 0 bridgehead atoms. The van der Waals surface area contributed by atoms with Crippen molar-refractivity contribution < 1.29 is 28.6 Å². The highest BCUT2D eigenvalue weighted by Gasteiger charge is 2.13. The molecule has 2 rings (SSSR count). The van der Waals surface area contributed by atoms with Crippen LogP contribution in [-0.2, 0) is 20.9 Å². The Hall–Kier alpha value is -3.33. The molecule has 1 amide bonds. The van der Waals surface area contributed by atoms with Gasteiger partial charge in [0.1, 0.15) is 18.5 Å². The summed E-state index contributed by atoms with van der Waals surface area (Å²) in [7, 11) is 0. The third kappa shape index (κ3) is 8.06. The van der Waals surface area contributed by atoms with Gasteiger partial charge < -0.3 is 30.5 Å². The molecule has 0 fully saturated rings. The molecule has 0 saturated carbocycles. The molecule has 0 aliphatic heterocycles. The van der Waals surface area contributed by atoms with E-state index in [0.29, 0.717) is 5.69 Å². The third-order valence-electron chi connectivity index (χ3n) is 3.87. The van der Waals surface area contributed by atoms with Crippen molar-refractivity contribution >= 4 is 23.9 Å². The average molecular weight is 405 g/mol. The Morgan fingerprint density at radius 2 is 1.93 bits per heavy atom. The van der Waals surface area contributed by atoms with Gasteiger partial charge in [-0.25, -0.2) is 9.18 Å². The van der Waals surface area contributed by atoms with Gasteiger partial charge in [-0.2, -0.15) is 0 Å². The van der Waals surface area contributed by atoms with Gasteiger partial charge in [0.05, 0.1) is 25.4 Å². The van der Waals surface area contributed by atoms with E-state index in [1.807, 2.05) is 30.3 Å². The molecule has 2 aromatic rings. The van der Waals surface area contributed by atoms with Crippen LogP contribution in [0, 0.1) is 5.82 Å². The lowest BCUT2D eigenvalue weighted by Crippen LogP contribution is -2.37. The Morgan fingerprint density at radius 3 is 2.62 bits per heavy atom. The molecule has 0 saturated heterocycles. The lowest BCUT2D eigenvalue weighted by molar-refractivity contribution is -0.132. The van der Waals surface area contributed by atoms with Crippen LogP contribution in [0.1, 0.15) is 5.56 Å². The van der Waals surface area contributed by atoms with Crippen LogP contribution in [-0.4, -0.2) is 50.0 Å². The van der Waals surface area contributed by atoms with Crippen molar-refractivity contribution in [3.8, 4) is 0 Å². The summed E-state index contributed by atoms with van der Waals surface area (Å²) in [5.41, 5.74) is 1.60. The maximum absolute atomic E-state index is 14.0. The molecule has 2 aromatic carbocycles. The van der Waals surface area contributed by atoms with E-state index < -0.39 is 18.0 Å². The number of alkyl carbamates (subject to hydrolysis) is 1. The Kier molecular flexibility index (Phi) is 9.23. The van der Waals surface area contributed by atoms with Crippen LogP contribution in [0.15, 0.2) is 48.5 Å². The molecule has 1 atom stereocenters. The second-order valence-corrected chi connectivity index (χ2v) is 6.02. The van der Waals surface area contributed by atoms with E-state index in [2.05, 4.69) is 16.0 Å². The van der Waals surface area contributed by atoms with Gasteiger partial charge in [0, 0.05) is 12.2 Å². The van der Waals surface area contributed by atoms with Crippen molar-refractivity contribution in [2.24, 2.45) is 0 Å². The molecule has 9 heteroatoms. The first-order chi connectivity index (χ1) is 14.1.